The van der Waals surface area contributed by atoms with Crippen molar-refractivity contribution >= 4 is 5.97 Å². The minimum Gasteiger partial charge on any atom is -0.497 e. The predicted molar refractivity (Wildman–Crippen MR) is 114 cm³/mol. The first-order valence-corrected chi connectivity index (χ1v) is 10.2. The van der Waals surface area contributed by atoms with E-state index in [1.807, 2.05) is 50.3 Å². The van der Waals surface area contributed by atoms with Gasteiger partial charge in [-0.2, -0.15) is 0 Å². The Balaban J connectivity index is 2.71. The van der Waals surface area contributed by atoms with Gasteiger partial charge in [-0.05, 0) is 61.4 Å². The van der Waals surface area contributed by atoms with Crippen molar-refractivity contribution < 1.29 is 19.0 Å². The Morgan fingerprint density at radius 3 is 2.39 bits per heavy atom. The fraction of sp³-hybridized carbons (Fsp3) is 0.542. The summed E-state index contributed by atoms with van der Waals surface area (Å²) in [5.41, 5.74) is 2.68. The molecule has 28 heavy (non-hydrogen) atoms. The quantitative estimate of drug-likeness (QED) is 0.261. The molecular formula is C24H36O4. The van der Waals surface area contributed by atoms with Crippen LogP contribution in [0.15, 0.2) is 47.6 Å². The van der Waals surface area contributed by atoms with Crippen LogP contribution in [0.1, 0.15) is 53.0 Å². The van der Waals surface area contributed by atoms with E-state index in [1.54, 1.807) is 7.11 Å². The molecule has 0 bridgehead atoms. The maximum absolute atomic E-state index is 12.3. The highest BCUT2D eigenvalue weighted by molar-refractivity contribution is 5.91. The lowest BCUT2D eigenvalue weighted by Crippen LogP contribution is -2.10. The molecule has 1 rings (SSSR count). The summed E-state index contributed by atoms with van der Waals surface area (Å²) in [5, 5.41) is 0. The van der Waals surface area contributed by atoms with Crippen LogP contribution in [-0.4, -0.2) is 26.3 Å². The van der Waals surface area contributed by atoms with Gasteiger partial charge in [-0.3, -0.25) is 0 Å². The monoisotopic (exact) mass is 388 g/mol. The molecule has 2 atom stereocenters. The molecule has 0 saturated carbocycles. The minimum absolute atomic E-state index is 0.270. The molecule has 0 amide bonds. The van der Waals surface area contributed by atoms with E-state index in [4.69, 9.17) is 14.2 Å². The molecule has 0 fully saturated rings. The molecule has 4 nitrogen and oxygen atoms in total. The molecule has 0 spiro atoms. The Morgan fingerprint density at radius 1 is 1.14 bits per heavy atom. The molecular weight excluding hydrogens is 352 g/mol. The van der Waals surface area contributed by atoms with Crippen LogP contribution in [0, 0.1) is 11.8 Å². The highest BCUT2D eigenvalue weighted by Crippen LogP contribution is 2.19. The zero-order valence-electron chi connectivity index (χ0n) is 18.3. The number of allylic oxidation sites excluding steroid dienone is 1. The minimum atomic E-state index is -0.270. The van der Waals surface area contributed by atoms with Crippen LogP contribution in [0.4, 0.5) is 0 Å². The second kappa shape index (κ2) is 13.2. The summed E-state index contributed by atoms with van der Waals surface area (Å²) >= 11 is 0. The van der Waals surface area contributed by atoms with Crippen LogP contribution in [0.5, 0.6) is 5.75 Å². The smallest absolute Gasteiger partial charge is 0.337 e. The molecule has 0 saturated heterocycles. The number of hydrogen-bond acceptors (Lipinski definition) is 4. The number of methoxy groups -OCH3 is 1. The van der Waals surface area contributed by atoms with Gasteiger partial charge in [-0.25, -0.2) is 4.79 Å². The standard InChI is InChI=1S/C24H36O4/c1-7-18(3)13-19(4)14-22(24(25)28-8-2)15-20(5)16-27-17-21-9-11-23(26-6)12-10-21/h9-12,14-15,18-19H,7-8,13,16-17H2,1-6H3/b20-15+,22-14-/t18-,19-/m0/s1. The molecule has 0 heterocycles. The van der Waals surface area contributed by atoms with Crippen molar-refractivity contribution in [2.75, 3.05) is 20.3 Å². The van der Waals surface area contributed by atoms with Gasteiger partial charge in [0, 0.05) is 0 Å². The van der Waals surface area contributed by atoms with Crippen LogP contribution >= 0.6 is 0 Å². The SMILES string of the molecule is CCOC(=O)C(=C\[C@@H](C)C[C@@H](C)CC)/C=C(\C)COCc1ccc(OC)cc1. The maximum atomic E-state index is 12.3. The van der Waals surface area contributed by atoms with E-state index >= 15 is 0 Å². The number of carbonyl (C=O) groups is 1. The highest BCUT2D eigenvalue weighted by atomic mass is 16.5. The summed E-state index contributed by atoms with van der Waals surface area (Å²) < 4.78 is 16.2. The molecule has 0 unspecified atom stereocenters. The molecule has 1 aromatic rings. The Labute approximate surface area is 170 Å². The largest absolute Gasteiger partial charge is 0.497 e. The van der Waals surface area contributed by atoms with Gasteiger partial charge in [0.15, 0.2) is 0 Å². The fourth-order valence-corrected chi connectivity index (χ4v) is 2.92. The average Bonchev–Trinajstić information content (AvgIpc) is 2.68. The lowest BCUT2D eigenvalue weighted by molar-refractivity contribution is -0.138. The van der Waals surface area contributed by atoms with E-state index in [9.17, 15) is 4.79 Å². The van der Waals surface area contributed by atoms with Gasteiger partial charge < -0.3 is 14.2 Å². The predicted octanol–water partition coefficient (Wildman–Crippen LogP) is 5.72. The third-order valence-electron chi connectivity index (χ3n) is 4.61. The van der Waals surface area contributed by atoms with Crippen LogP contribution < -0.4 is 4.74 Å². The Hall–Kier alpha value is -2.07. The second-order valence-corrected chi connectivity index (χ2v) is 7.40. The normalized spacial score (nSPS) is 14.5. The van der Waals surface area contributed by atoms with Crippen molar-refractivity contribution in [3.8, 4) is 5.75 Å². The van der Waals surface area contributed by atoms with Gasteiger partial charge >= 0.3 is 5.97 Å². The van der Waals surface area contributed by atoms with Crippen LogP contribution in [0.25, 0.3) is 0 Å². The summed E-state index contributed by atoms with van der Waals surface area (Å²) in [6.07, 6.45) is 6.11. The van der Waals surface area contributed by atoms with Gasteiger partial charge in [0.1, 0.15) is 5.75 Å². The first-order chi connectivity index (χ1) is 13.4. The van der Waals surface area contributed by atoms with E-state index < -0.39 is 0 Å². The summed E-state index contributed by atoms with van der Waals surface area (Å²) in [6, 6.07) is 7.81. The summed E-state index contributed by atoms with van der Waals surface area (Å²) in [6.45, 7) is 11.7. The number of esters is 1. The van der Waals surface area contributed by atoms with E-state index in [0.717, 1.165) is 29.7 Å². The molecule has 4 heteroatoms. The van der Waals surface area contributed by atoms with Crippen molar-refractivity contribution in [3.05, 3.63) is 53.1 Å². The van der Waals surface area contributed by atoms with Gasteiger partial charge in [0.05, 0.1) is 32.5 Å². The molecule has 0 N–H and O–H groups in total. The van der Waals surface area contributed by atoms with E-state index in [1.165, 1.54) is 0 Å². The fourth-order valence-electron chi connectivity index (χ4n) is 2.92. The van der Waals surface area contributed by atoms with E-state index in [2.05, 4.69) is 20.8 Å². The molecule has 0 aliphatic heterocycles. The van der Waals surface area contributed by atoms with Crippen LogP contribution in [0.2, 0.25) is 0 Å². The lowest BCUT2D eigenvalue weighted by atomic mass is 9.93. The first-order valence-electron chi connectivity index (χ1n) is 10.2. The number of ether oxygens (including phenoxy) is 3. The Kier molecular flexibility index (Phi) is 11.3. The van der Waals surface area contributed by atoms with E-state index in [-0.39, 0.29) is 5.97 Å². The number of benzene rings is 1. The Morgan fingerprint density at radius 2 is 1.82 bits per heavy atom. The van der Waals surface area contributed by atoms with Gasteiger partial charge in [-0.1, -0.05) is 45.4 Å². The van der Waals surface area contributed by atoms with Crippen LogP contribution in [-0.2, 0) is 20.9 Å². The number of hydrogen-bond donors (Lipinski definition) is 0. The van der Waals surface area contributed by atoms with Gasteiger partial charge in [0.25, 0.3) is 0 Å². The van der Waals surface area contributed by atoms with Crippen molar-refractivity contribution in [2.45, 2.75) is 54.1 Å². The zero-order chi connectivity index (χ0) is 20.9. The number of rotatable bonds is 12. The van der Waals surface area contributed by atoms with Crippen molar-refractivity contribution in [1.29, 1.82) is 0 Å². The lowest BCUT2D eigenvalue weighted by Gasteiger charge is -2.14. The van der Waals surface area contributed by atoms with Crippen molar-refractivity contribution in [1.82, 2.24) is 0 Å². The maximum Gasteiger partial charge on any atom is 0.337 e. The highest BCUT2D eigenvalue weighted by Gasteiger charge is 2.12. The molecule has 1 aromatic carbocycles. The second-order valence-electron chi connectivity index (χ2n) is 7.40. The third kappa shape index (κ3) is 9.23. The molecule has 0 aliphatic carbocycles. The van der Waals surface area contributed by atoms with Gasteiger partial charge in [0.2, 0.25) is 0 Å². The molecule has 0 aliphatic rings. The van der Waals surface area contributed by atoms with E-state index in [0.29, 0.717) is 37.2 Å². The topological polar surface area (TPSA) is 44.8 Å². The van der Waals surface area contributed by atoms with Crippen LogP contribution in [0.3, 0.4) is 0 Å². The zero-order valence-corrected chi connectivity index (χ0v) is 18.3. The third-order valence-corrected chi connectivity index (χ3v) is 4.61. The summed E-state index contributed by atoms with van der Waals surface area (Å²) in [5.74, 6) is 1.51. The molecule has 0 radical (unpaired) electrons. The van der Waals surface area contributed by atoms with Gasteiger partial charge in [-0.15, -0.1) is 0 Å². The van der Waals surface area contributed by atoms with Crippen molar-refractivity contribution in [2.24, 2.45) is 11.8 Å². The molecule has 0 aromatic heterocycles. The Bertz CT molecular complexity index is 643. The first kappa shape index (κ1) is 24.0. The summed E-state index contributed by atoms with van der Waals surface area (Å²) in [4.78, 5) is 12.3. The van der Waals surface area contributed by atoms with Crippen molar-refractivity contribution in [3.63, 3.8) is 0 Å². The number of carbonyl (C=O) groups excluding carboxylic acids is 1. The average molecular weight is 389 g/mol. The molecule has 156 valence electrons. The summed E-state index contributed by atoms with van der Waals surface area (Å²) in [7, 11) is 1.65.